The Bertz CT molecular complexity index is 1060. The maximum Gasteiger partial charge on any atom is 0.238 e. The van der Waals surface area contributed by atoms with Crippen molar-refractivity contribution in [2.45, 2.75) is 18.2 Å². The first-order valence-corrected chi connectivity index (χ1v) is 11.0. The topological polar surface area (TPSA) is 53.9 Å². The molecule has 0 saturated carbocycles. The van der Waals surface area contributed by atoms with Gasteiger partial charge in [0.2, 0.25) is 5.91 Å². The summed E-state index contributed by atoms with van der Waals surface area (Å²) in [6, 6.07) is 14.6. The third kappa shape index (κ3) is 5.31. The molecule has 31 heavy (non-hydrogen) atoms. The van der Waals surface area contributed by atoms with Crippen LogP contribution in [0.5, 0.6) is 0 Å². The Morgan fingerprint density at radius 3 is 2.65 bits per heavy atom. The first-order valence-electron chi connectivity index (χ1n) is 10.2. The van der Waals surface area contributed by atoms with Crippen molar-refractivity contribution in [2.24, 2.45) is 4.99 Å². The zero-order valence-electron chi connectivity index (χ0n) is 17.3. The fourth-order valence-electron chi connectivity index (χ4n) is 3.41. The molecule has 160 valence electrons. The van der Waals surface area contributed by atoms with Gasteiger partial charge < -0.3 is 4.74 Å². The van der Waals surface area contributed by atoms with E-state index in [-0.39, 0.29) is 18.1 Å². The van der Waals surface area contributed by atoms with Gasteiger partial charge in [-0.2, -0.15) is 0 Å². The van der Waals surface area contributed by atoms with Gasteiger partial charge in [0.1, 0.15) is 5.82 Å². The van der Waals surface area contributed by atoms with Crippen LogP contribution in [0.2, 0.25) is 0 Å². The number of hydrogen-bond acceptors (Lipinski definition) is 5. The largest absolute Gasteiger partial charge is 0.379 e. The number of carbonyl (C=O) groups excluding carboxylic acids is 1. The van der Waals surface area contributed by atoms with E-state index in [2.05, 4.69) is 5.43 Å². The third-order valence-corrected chi connectivity index (χ3v) is 6.22. The van der Waals surface area contributed by atoms with Crippen molar-refractivity contribution in [1.82, 2.24) is 10.4 Å². The predicted molar refractivity (Wildman–Crippen MR) is 121 cm³/mol. The molecule has 1 N–H and O–H groups in total. The molecule has 1 fully saturated rings. The Hall–Kier alpha value is -2.74. The molecular formula is C24H24FN3O2S. The molecule has 2 aromatic carbocycles. The summed E-state index contributed by atoms with van der Waals surface area (Å²) in [5, 5.41) is 1.88. The maximum atomic E-state index is 14.5. The third-order valence-electron chi connectivity index (χ3n) is 4.99. The number of hydrazine groups is 1. The van der Waals surface area contributed by atoms with Gasteiger partial charge in [-0.3, -0.25) is 15.2 Å². The lowest BCUT2D eigenvalue weighted by atomic mass is 10.0. The van der Waals surface area contributed by atoms with E-state index in [1.165, 1.54) is 6.07 Å². The zero-order chi connectivity index (χ0) is 21.6. The average molecular weight is 438 g/mol. The van der Waals surface area contributed by atoms with Gasteiger partial charge in [-0.1, -0.05) is 48.2 Å². The van der Waals surface area contributed by atoms with Crippen molar-refractivity contribution in [1.29, 1.82) is 0 Å². The second-order valence-corrected chi connectivity index (χ2v) is 8.31. The van der Waals surface area contributed by atoms with Crippen molar-refractivity contribution < 1.29 is 13.9 Å². The van der Waals surface area contributed by atoms with Gasteiger partial charge in [-0.05, 0) is 31.2 Å². The Labute approximate surface area is 185 Å². The molecule has 0 radical (unpaired) electrons. The van der Waals surface area contributed by atoms with Crippen molar-refractivity contribution in [2.75, 3.05) is 26.3 Å². The summed E-state index contributed by atoms with van der Waals surface area (Å²) in [5.74, 6) is -0.362. The number of hydrogen-bond donors (Lipinski definition) is 1. The molecule has 2 aliphatic heterocycles. The molecule has 1 saturated heterocycles. The molecule has 4 rings (SSSR count). The Morgan fingerprint density at radius 2 is 1.87 bits per heavy atom. The monoisotopic (exact) mass is 437 g/mol. The van der Waals surface area contributed by atoms with Gasteiger partial charge in [-0.15, -0.1) is 0 Å². The summed E-state index contributed by atoms with van der Waals surface area (Å²) in [5.41, 5.74) is 5.67. The van der Waals surface area contributed by atoms with E-state index in [0.717, 1.165) is 21.1 Å². The van der Waals surface area contributed by atoms with Crippen LogP contribution in [0, 0.1) is 5.82 Å². The number of carbonyl (C=O) groups is 1. The van der Waals surface area contributed by atoms with Crippen LogP contribution >= 0.6 is 11.8 Å². The van der Waals surface area contributed by atoms with E-state index < -0.39 is 0 Å². The van der Waals surface area contributed by atoms with Crippen LogP contribution in [0.15, 0.2) is 81.2 Å². The molecule has 0 spiro atoms. The number of aliphatic imine (C=N–C) groups is 1. The number of amides is 1. The highest BCUT2D eigenvalue weighted by molar-refractivity contribution is 8.03. The van der Waals surface area contributed by atoms with E-state index in [1.807, 2.05) is 54.4 Å². The van der Waals surface area contributed by atoms with Gasteiger partial charge >= 0.3 is 0 Å². The summed E-state index contributed by atoms with van der Waals surface area (Å²) in [6.45, 7) is 4.55. The van der Waals surface area contributed by atoms with E-state index in [4.69, 9.17) is 9.73 Å². The molecule has 0 aromatic heterocycles. The second-order valence-electron chi connectivity index (χ2n) is 7.23. The number of fused-ring (bicyclic) bond motifs is 1. The van der Waals surface area contributed by atoms with Crippen molar-refractivity contribution in [3.63, 3.8) is 0 Å². The molecule has 2 aromatic rings. The zero-order valence-corrected chi connectivity index (χ0v) is 18.1. The van der Waals surface area contributed by atoms with Crippen LogP contribution in [0.3, 0.4) is 0 Å². The highest BCUT2D eigenvalue weighted by Crippen LogP contribution is 2.37. The Balaban J connectivity index is 1.55. The maximum absolute atomic E-state index is 14.5. The number of thioether (sulfide) groups is 1. The predicted octanol–water partition coefficient (Wildman–Crippen LogP) is 4.31. The Kier molecular flexibility index (Phi) is 6.96. The summed E-state index contributed by atoms with van der Waals surface area (Å²) in [6.07, 6.45) is 4.03. The lowest BCUT2D eigenvalue weighted by molar-refractivity contribution is -0.127. The smallest absolute Gasteiger partial charge is 0.238 e. The second kappa shape index (κ2) is 10.0. The number of allylic oxidation sites excluding steroid dienone is 2. The molecular weight excluding hydrogens is 413 g/mol. The molecule has 0 bridgehead atoms. The minimum Gasteiger partial charge on any atom is -0.379 e. The van der Waals surface area contributed by atoms with Gasteiger partial charge in [0, 0.05) is 40.4 Å². The van der Waals surface area contributed by atoms with Crippen LogP contribution in [-0.4, -0.2) is 42.9 Å². The van der Waals surface area contributed by atoms with Crippen LogP contribution in [0.4, 0.5) is 4.39 Å². The Morgan fingerprint density at radius 1 is 1.16 bits per heavy atom. The molecule has 0 unspecified atom stereocenters. The van der Waals surface area contributed by atoms with Crippen LogP contribution in [-0.2, 0) is 9.53 Å². The summed E-state index contributed by atoms with van der Waals surface area (Å²) >= 11 is 1.57. The highest BCUT2D eigenvalue weighted by atomic mass is 32.2. The quantitative estimate of drug-likeness (QED) is 0.757. The number of morpholine rings is 1. The van der Waals surface area contributed by atoms with E-state index in [9.17, 15) is 9.18 Å². The normalized spacial score (nSPS) is 17.3. The summed E-state index contributed by atoms with van der Waals surface area (Å²) < 4.78 is 19.8. The van der Waals surface area contributed by atoms with Crippen LogP contribution in [0.1, 0.15) is 24.5 Å². The van der Waals surface area contributed by atoms with E-state index in [0.29, 0.717) is 37.6 Å². The van der Waals surface area contributed by atoms with Gasteiger partial charge in [0.15, 0.2) is 0 Å². The number of rotatable bonds is 5. The molecule has 7 heteroatoms. The van der Waals surface area contributed by atoms with Gasteiger partial charge in [0.05, 0.1) is 24.6 Å². The number of ether oxygens (including phenoxy) is 1. The van der Waals surface area contributed by atoms with Crippen molar-refractivity contribution in [3.05, 3.63) is 88.2 Å². The van der Waals surface area contributed by atoms with Crippen molar-refractivity contribution in [3.8, 4) is 0 Å². The number of benzene rings is 2. The first kappa shape index (κ1) is 21.5. The molecule has 0 atom stereocenters. The summed E-state index contributed by atoms with van der Waals surface area (Å²) in [7, 11) is 0. The number of halogens is 1. The molecule has 5 nitrogen and oxygen atoms in total. The fourth-order valence-corrected chi connectivity index (χ4v) is 4.43. The first-order chi connectivity index (χ1) is 15.1. The minimum atomic E-state index is -0.298. The highest BCUT2D eigenvalue weighted by Gasteiger charge is 2.20. The standard InChI is InChI=1S/C24H24FN3O2S/c1-17-21(11-6-12-23(29)27-28-13-15-30-16-14-28)31-22-10-5-3-8-19(22)24(26-17)18-7-2-4-9-20(18)25/h2-11H,12-16H2,1H3,(H,27,29)/b11-6-. The lowest BCUT2D eigenvalue weighted by Crippen LogP contribution is -2.48. The lowest BCUT2D eigenvalue weighted by Gasteiger charge is -2.26. The van der Waals surface area contributed by atoms with Crippen LogP contribution in [0.25, 0.3) is 0 Å². The molecule has 2 heterocycles. The van der Waals surface area contributed by atoms with E-state index in [1.54, 1.807) is 23.9 Å². The van der Waals surface area contributed by atoms with Crippen LogP contribution < -0.4 is 5.43 Å². The minimum absolute atomic E-state index is 0.0639. The molecule has 0 aliphatic carbocycles. The average Bonchev–Trinajstić information content (AvgIpc) is 2.91. The summed E-state index contributed by atoms with van der Waals surface area (Å²) in [4.78, 5) is 18.9. The SMILES string of the molecule is CC1=C(/C=C\CC(=O)NN2CCOCC2)Sc2ccccc2C(c2ccccc2F)=N1. The van der Waals surface area contributed by atoms with E-state index >= 15 is 0 Å². The molecule has 1 amide bonds. The molecule has 2 aliphatic rings. The number of nitrogens with zero attached hydrogens (tertiary/aromatic N) is 2. The van der Waals surface area contributed by atoms with Gasteiger partial charge in [0.25, 0.3) is 0 Å². The van der Waals surface area contributed by atoms with Crippen molar-refractivity contribution >= 4 is 23.4 Å². The fraction of sp³-hybridized carbons (Fsp3) is 0.250. The van der Waals surface area contributed by atoms with Gasteiger partial charge in [-0.25, -0.2) is 9.40 Å². The number of nitrogens with one attached hydrogen (secondary N) is 1.